The standard InChI is InChI=1S/C52H33NS2/c1-2-15-41-35(11-1)12-10-19-42(41)37-13-9-14-38(31-37)43-16-3-6-20-48(43)53(40-28-30-47-45-18-5-8-22-50(45)55-52(47)33-40)39-26-23-34(24-27-39)36-25-29-46-44-17-4-7-21-49(44)54-51(46)32-36/h1-33H. The Morgan fingerprint density at radius 3 is 1.60 bits per heavy atom. The van der Waals surface area contributed by atoms with Crippen LogP contribution in [-0.4, -0.2) is 0 Å². The largest absolute Gasteiger partial charge is 0.310 e. The van der Waals surface area contributed by atoms with Crippen molar-refractivity contribution in [1.29, 1.82) is 0 Å². The van der Waals surface area contributed by atoms with E-state index in [4.69, 9.17) is 0 Å². The van der Waals surface area contributed by atoms with Gasteiger partial charge in [0.25, 0.3) is 0 Å². The van der Waals surface area contributed by atoms with Crippen LogP contribution in [0.3, 0.4) is 0 Å². The normalized spacial score (nSPS) is 11.6. The highest BCUT2D eigenvalue weighted by Gasteiger charge is 2.19. The summed E-state index contributed by atoms with van der Waals surface area (Å²) in [6.45, 7) is 0. The second-order valence-electron chi connectivity index (χ2n) is 14.1. The number of para-hydroxylation sites is 1. The molecule has 0 radical (unpaired) electrons. The van der Waals surface area contributed by atoms with Crippen LogP contribution in [0.5, 0.6) is 0 Å². The van der Waals surface area contributed by atoms with E-state index >= 15 is 0 Å². The van der Waals surface area contributed by atoms with Crippen LogP contribution in [0.1, 0.15) is 0 Å². The summed E-state index contributed by atoms with van der Waals surface area (Å²) in [5.41, 5.74) is 10.6. The zero-order valence-electron chi connectivity index (χ0n) is 29.8. The number of anilines is 3. The fourth-order valence-corrected chi connectivity index (χ4v) is 10.5. The van der Waals surface area contributed by atoms with E-state index in [9.17, 15) is 0 Å². The quantitative estimate of drug-likeness (QED) is 0.164. The van der Waals surface area contributed by atoms with Crippen molar-refractivity contribution in [1.82, 2.24) is 0 Å². The van der Waals surface area contributed by atoms with Crippen LogP contribution in [0.15, 0.2) is 200 Å². The molecule has 2 heterocycles. The summed E-state index contributed by atoms with van der Waals surface area (Å²) in [4.78, 5) is 2.43. The molecule has 11 rings (SSSR count). The van der Waals surface area contributed by atoms with E-state index in [1.54, 1.807) is 0 Å². The highest BCUT2D eigenvalue weighted by molar-refractivity contribution is 7.26. The monoisotopic (exact) mass is 735 g/mol. The summed E-state index contributed by atoms with van der Waals surface area (Å²) in [5.74, 6) is 0. The Bertz CT molecular complexity index is 3220. The summed E-state index contributed by atoms with van der Waals surface area (Å²) < 4.78 is 5.25. The lowest BCUT2D eigenvalue weighted by Gasteiger charge is -2.28. The van der Waals surface area contributed by atoms with Crippen molar-refractivity contribution < 1.29 is 0 Å². The third kappa shape index (κ3) is 5.51. The zero-order valence-corrected chi connectivity index (χ0v) is 31.4. The van der Waals surface area contributed by atoms with E-state index in [1.165, 1.54) is 84.5 Å². The lowest BCUT2D eigenvalue weighted by atomic mass is 9.94. The first-order valence-corrected chi connectivity index (χ1v) is 20.3. The Morgan fingerprint density at radius 2 is 0.818 bits per heavy atom. The minimum absolute atomic E-state index is 1.12. The van der Waals surface area contributed by atoms with Crippen molar-refractivity contribution in [2.75, 3.05) is 4.90 Å². The second-order valence-corrected chi connectivity index (χ2v) is 16.3. The van der Waals surface area contributed by atoms with E-state index < -0.39 is 0 Å². The molecule has 1 nitrogen and oxygen atoms in total. The van der Waals surface area contributed by atoms with E-state index in [1.807, 2.05) is 22.7 Å². The average Bonchev–Trinajstić information content (AvgIpc) is 3.82. The van der Waals surface area contributed by atoms with Gasteiger partial charge < -0.3 is 4.90 Å². The molecule has 9 aromatic carbocycles. The Labute approximate surface area is 327 Å². The molecule has 258 valence electrons. The molecule has 55 heavy (non-hydrogen) atoms. The van der Waals surface area contributed by atoms with Crippen molar-refractivity contribution in [2.45, 2.75) is 0 Å². The van der Waals surface area contributed by atoms with Crippen LogP contribution >= 0.6 is 22.7 Å². The average molecular weight is 736 g/mol. The van der Waals surface area contributed by atoms with Crippen LogP contribution < -0.4 is 4.90 Å². The fourth-order valence-electron chi connectivity index (χ4n) is 8.23. The van der Waals surface area contributed by atoms with Gasteiger partial charge in [-0.25, -0.2) is 0 Å². The van der Waals surface area contributed by atoms with Gasteiger partial charge >= 0.3 is 0 Å². The second kappa shape index (κ2) is 13.1. The summed E-state index contributed by atoms with van der Waals surface area (Å²) in [6, 6.07) is 73.5. The van der Waals surface area contributed by atoms with Crippen molar-refractivity contribution in [3.8, 4) is 33.4 Å². The van der Waals surface area contributed by atoms with Gasteiger partial charge in [0.1, 0.15) is 0 Å². The molecule has 0 N–H and O–H groups in total. The van der Waals surface area contributed by atoms with E-state index in [0.29, 0.717) is 0 Å². The number of hydrogen-bond donors (Lipinski definition) is 0. The van der Waals surface area contributed by atoms with Gasteiger partial charge in [-0.3, -0.25) is 0 Å². The predicted octanol–water partition coefficient (Wildman–Crippen LogP) is 16.0. The molecule has 11 aromatic rings. The van der Waals surface area contributed by atoms with Gasteiger partial charge in [-0.2, -0.15) is 0 Å². The van der Waals surface area contributed by atoms with E-state index in [2.05, 4.69) is 205 Å². The fraction of sp³-hybridized carbons (Fsp3) is 0. The van der Waals surface area contributed by atoms with Gasteiger partial charge in [0, 0.05) is 57.3 Å². The van der Waals surface area contributed by atoms with Crippen LogP contribution in [-0.2, 0) is 0 Å². The maximum Gasteiger partial charge on any atom is 0.0540 e. The molecule has 0 aliphatic carbocycles. The predicted molar refractivity (Wildman–Crippen MR) is 241 cm³/mol. The topological polar surface area (TPSA) is 3.24 Å². The first-order valence-electron chi connectivity index (χ1n) is 18.7. The molecule has 0 spiro atoms. The molecule has 0 saturated carbocycles. The van der Waals surface area contributed by atoms with Gasteiger partial charge in [0.05, 0.1) is 5.69 Å². The summed E-state index contributed by atoms with van der Waals surface area (Å²) in [5, 5.41) is 7.78. The molecule has 0 saturated heterocycles. The number of benzene rings is 9. The maximum atomic E-state index is 2.43. The van der Waals surface area contributed by atoms with Crippen LogP contribution in [0, 0.1) is 0 Å². The van der Waals surface area contributed by atoms with E-state index in [0.717, 1.165) is 17.1 Å². The summed E-state index contributed by atoms with van der Waals surface area (Å²) in [6.07, 6.45) is 0. The zero-order chi connectivity index (χ0) is 36.3. The highest BCUT2D eigenvalue weighted by atomic mass is 32.1. The molecule has 0 aliphatic rings. The van der Waals surface area contributed by atoms with Crippen molar-refractivity contribution in [3.05, 3.63) is 200 Å². The Kier molecular flexibility index (Phi) is 7.61. The third-order valence-electron chi connectivity index (χ3n) is 10.9. The number of thiophene rings is 2. The molecule has 0 amide bonds. The molecule has 0 unspecified atom stereocenters. The number of fused-ring (bicyclic) bond motifs is 7. The summed E-state index contributed by atoms with van der Waals surface area (Å²) >= 11 is 3.73. The lowest BCUT2D eigenvalue weighted by Crippen LogP contribution is -2.11. The molecule has 0 atom stereocenters. The maximum absolute atomic E-state index is 2.43. The Balaban J connectivity index is 1.05. The molecule has 0 aliphatic heterocycles. The molecule has 3 heteroatoms. The Hall–Kier alpha value is -6.52. The van der Waals surface area contributed by atoms with Crippen molar-refractivity contribution >= 4 is 90.9 Å². The van der Waals surface area contributed by atoms with Gasteiger partial charge in [0.15, 0.2) is 0 Å². The van der Waals surface area contributed by atoms with Crippen LogP contribution in [0.25, 0.3) is 84.5 Å². The van der Waals surface area contributed by atoms with Crippen LogP contribution in [0.2, 0.25) is 0 Å². The van der Waals surface area contributed by atoms with Crippen molar-refractivity contribution in [2.24, 2.45) is 0 Å². The number of nitrogens with zero attached hydrogens (tertiary/aromatic N) is 1. The third-order valence-corrected chi connectivity index (χ3v) is 13.1. The lowest BCUT2D eigenvalue weighted by molar-refractivity contribution is 1.29. The highest BCUT2D eigenvalue weighted by Crippen LogP contribution is 2.45. The van der Waals surface area contributed by atoms with Gasteiger partial charge in [-0.15, -0.1) is 22.7 Å². The summed E-state index contributed by atoms with van der Waals surface area (Å²) in [7, 11) is 0. The van der Waals surface area contributed by atoms with Gasteiger partial charge in [-0.1, -0.05) is 146 Å². The molecular formula is C52H33NS2. The number of hydrogen-bond acceptors (Lipinski definition) is 3. The molecule has 0 fully saturated rings. The Morgan fingerprint density at radius 1 is 0.291 bits per heavy atom. The first-order chi connectivity index (χ1) is 27.2. The van der Waals surface area contributed by atoms with Crippen LogP contribution in [0.4, 0.5) is 17.1 Å². The molecular weight excluding hydrogens is 703 g/mol. The first kappa shape index (κ1) is 32.0. The van der Waals surface area contributed by atoms with Gasteiger partial charge in [0.2, 0.25) is 0 Å². The minimum Gasteiger partial charge on any atom is -0.310 e. The van der Waals surface area contributed by atoms with Crippen molar-refractivity contribution in [3.63, 3.8) is 0 Å². The number of rotatable bonds is 6. The minimum atomic E-state index is 1.12. The molecule has 0 bridgehead atoms. The van der Waals surface area contributed by atoms with E-state index in [-0.39, 0.29) is 0 Å². The molecule has 2 aromatic heterocycles. The SMILES string of the molecule is c1cc(-c2ccccc2N(c2ccc(-c3ccc4c(c3)sc3ccccc34)cc2)c2ccc3c(c2)sc2ccccc23)cc(-c2cccc3ccccc23)c1. The smallest absolute Gasteiger partial charge is 0.0540 e. The van der Waals surface area contributed by atoms with Gasteiger partial charge in [-0.05, 0) is 93.2 Å².